The molecule has 2 aromatic carbocycles. The smallest absolute Gasteiger partial charge is 0.311 e. The Balaban J connectivity index is 2.39. The van der Waals surface area contributed by atoms with Crippen LogP contribution in [0.25, 0.3) is 10.9 Å². The number of benzene rings is 2. The largest absolute Gasteiger partial charge is 0.505 e. The SMILES string of the molecule is CCC(C)[C@H](C(=O)O)c1c(C)n(C(=O)c2cccc(F)c2)c2ccc(O)c(F)c12. The van der Waals surface area contributed by atoms with Crippen LogP contribution in [-0.4, -0.2) is 26.7 Å². The molecule has 3 aromatic rings. The molecule has 0 radical (unpaired) electrons. The van der Waals surface area contributed by atoms with Gasteiger partial charge in [-0.2, -0.15) is 0 Å². The maximum atomic E-state index is 14.9. The Morgan fingerprint density at radius 3 is 2.45 bits per heavy atom. The summed E-state index contributed by atoms with van der Waals surface area (Å²) in [7, 11) is 0. The topological polar surface area (TPSA) is 79.5 Å². The van der Waals surface area contributed by atoms with E-state index < -0.39 is 35.2 Å². The van der Waals surface area contributed by atoms with Gasteiger partial charge in [0.05, 0.1) is 11.4 Å². The summed E-state index contributed by atoms with van der Waals surface area (Å²) in [4.78, 5) is 25.2. The molecule has 0 aliphatic rings. The first-order valence-corrected chi connectivity index (χ1v) is 9.24. The van der Waals surface area contributed by atoms with Gasteiger partial charge in [-0.1, -0.05) is 26.3 Å². The van der Waals surface area contributed by atoms with Gasteiger partial charge in [0.2, 0.25) is 0 Å². The zero-order chi connectivity index (χ0) is 21.5. The summed E-state index contributed by atoms with van der Waals surface area (Å²) in [5.74, 6) is -5.42. The molecule has 0 amide bonds. The van der Waals surface area contributed by atoms with Gasteiger partial charge in [0, 0.05) is 16.6 Å². The van der Waals surface area contributed by atoms with Crippen LogP contribution in [0.4, 0.5) is 8.78 Å². The lowest BCUT2D eigenvalue weighted by molar-refractivity contribution is -0.140. The normalized spacial score (nSPS) is 13.4. The van der Waals surface area contributed by atoms with Crippen molar-refractivity contribution in [2.75, 3.05) is 0 Å². The molecule has 0 fully saturated rings. The Morgan fingerprint density at radius 2 is 1.86 bits per heavy atom. The summed E-state index contributed by atoms with van der Waals surface area (Å²) in [6.07, 6.45) is 0.515. The zero-order valence-corrected chi connectivity index (χ0v) is 16.2. The minimum absolute atomic E-state index is 0.0421. The van der Waals surface area contributed by atoms with Crippen molar-refractivity contribution in [1.29, 1.82) is 0 Å². The molecule has 152 valence electrons. The van der Waals surface area contributed by atoms with E-state index in [-0.39, 0.29) is 33.6 Å². The highest BCUT2D eigenvalue weighted by molar-refractivity contribution is 6.05. The number of aliphatic carboxylic acids is 1. The Hall–Kier alpha value is -3.22. The number of aromatic hydroxyl groups is 1. The minimum atomic E-state index is -1.15. The monoisotopic (exact) mass is 401 g/mol. The third-order valence-electron chi connectivity index (χ3n) is 5.40. The van der Waals surface area contributed by atoms with Crippen molar-refractivity contribution in [1.82, 2.24) is 4.57 Å². The number of carbonyl (C=O) groups is 2. The van der Waals surface area contributed by atoms with Crippen molar-refractivity contribution < 1.29 is 28.6 Å². The van der Waals surface area contributed by atoms with E-state index in [4.69, 9.17) is 0 Å². The molecule has 0 saturated carbocycles. The fraction of sp³-hybridized carbons (Fsp3) is 0.273. The van der Waals surface area contributed by atoms with Gasteiger partial charge >= 0.3 is 5.97 Å². The number of hydrogen-bond donors (Lipinski definition) is 2. The Kier molecular flexibility index (Phi) is 5.42. The van der Waals surface area contributed by atoms with E-state index in [0.29, 0.717) is 6.42 Å². The molecule has 2 atom stereocenters. The first-order valence-electron chi connectivity index (χ1n) is 9.24. The van der Waals surface area contributed by atoms with Crippen LogP contribution >= 0.6 is 0 Å². The third kappa shape index (κ3) is 3.37. The molecule has 7 heteroatoms. The number of nitrogens with zero attached hydrogens (tertiary/aromatic N) is 1. The predicted octanol–water partition coefficient (Wildman–Crippen LogP) is 4.84. The number of carboxylic acids is 1. The standard InChI is InChI=1S/C22H21F2NO4/c1-4-11(2)17(22(28)29)18-12(3)25(15-8-9-16(26)20(24)19(15)18)21(27)13-6-5-7-14(23)10-13/h5-11,17,26H,4H2,1-3H3,(H,28,29)/t11?,17-/m0/s1. The predicted molar refractivity (Wildman–Crippen MR) is 104 cm³/mol. The van der Waals surface area contributed by atoms with Gasteiger partial charge in [-0.3, -0.25) is 14.2 Å². The number of aromatic nitrogens is 1. The average Bonchev–Trinajstić information content (AvgIpc) is 2.96. The van der Waals surface area contributed by atoms with Gasteiger partial charge in [0.1, 0.15) is 5.82 Å². The number of fused-ring (bicyclic) bond motifs is 1. The quantitative estimate of drug-likeness (QED) is 0.641. The van der Waals surface area contributed by atoms with Crippen molar-refractivity contribution in [2.45, 2.75) is 33.1 Å². The van der Waals surface area contributed by atoms with Gasteiger partial charge in [0.15, 0.2) is 11.6 Å². The number of phenolic OH excluding ortho intramolecular Hbond substituents is 1. The second-order valence-corrected chi connectivity index (χ2v) is 7.14. The molecule has 2 N–H and O–H groups in total. The van der Waals surface area contributed by atoms with Crippen molar-refractivity contribution in [3.8, 4) is 5.75 Å². The van der Waals surface area contributed by atoms with Crippen LogP contribution in [0.15, 0.2) is 36.4 Å². The van der Waals surface area contributed by atoms with E-state index in [2.05, 4.69) is 0 Å². The van der Waals surface area contributed by atoms with E-state index in [1.165, 1.54) is 35.8 Å². The lowest BCUT2D eigenvalue weighted by Crippen LogP contribution is -2.21. The van der Waals surface area contributed by atoms with Gasteiger partial charge in [-0.15, -0.1) is 0 Å². The highest BCUT2D eigenvalue weighted by atomic mass is 19.1. The average molecular weight is 401 g/mol. The number of rotatable bonds is 5. The van der Waals surface area contributed by atoms with E-state index in [1.807, 2.05) is 6.92 Å². The van der Waals surface area contributed by atoms with Gasteiger partial charge in [-0.25, -0.2) is 8.78 Å². The van der Waals surface area contributed by atoms with E-state index in [1.54, 1.807) is 6.92 Å². The first-order chi connectivity index (χ1) is 13.7. The fourth-order valence-electron chi connectivity index (χ4n) is 3.76. The summed E-state index contributed by atoms with van der Waals surface area (Å²) in [6.45, 7) is 5.08. The first kappa shape index (κ1) is 20.5. The van der Waals surface area contributed by atoms with Crippen LogP contribution in [0.2, 0.25) is 0 Å². The molecule has 0 aliphatic heterocycles. The summed E-state index contributed by atoms with van der Waals surface area (Å²) < 4.78 is 29.8. The van der Waals surface area contributed by atoms with Crippen LogP contribution in [0.1, 0.15) is 47.8 Å². The van der Waals surface area contributed by atoms with Gasteiger partial charge in [-0.05, 0) is 48.7 Å². The molecular formula is C22H21F2NO4. The summed E-state index contributed by atoms with van der Waals surface area (Å²) in [5, 5.41) is 19.6. The van der Waals surface area contributed by atoms with Crippen molar-refractivity contribution in [3.63, 3.8) is 0 Å². The minimum Gasteiger partial charge on any atom is -0.505 e. The molecule has 1 unspecified atom stereocenters. The molecule has 0 saturated heterocycles. The zero-order valence-electron chi connectivity index (χ0n) is 16.2. The molecular weight excluding hydrogens is 380 g/mol. The molecule has 29 heavy (non-hydrogen) atoms. The lowest BCUT2D eigenvalue weighted by atomic mass is 9.84. The maximum absolute atomic E-state index is 14.9. The summed E-state index contributed by atoms with van der Waals surface area (Å²) in [6, 6.07) is 7.54. The molecule has 0 bridgehead atoms. The second-order valence-electron chi connectivity index (χ2n) is 7.14. The molecule has 3 rings (SSSR count). The Bertz CT molecular complexity index is 1120. The fourth-order valence-corrected chi connectivity index (χ4v) is 3.76. The van der Waals surface area contributed by atoms with Crippen LogP contribution in [-0.2, 0) is 4.79 Å². The second kappa shape index (κ2) is 7.66. The number of halogens is 2. The highest BCUT2D eigenvalue weighted by Gasteiger charge is 2.34. The molecule has 5 nitrogen and oxygen atoms in total. The lowest BCUT2D eigenvalue weighted by Gasteiger charge is -2.20. The van der Waals surface area contributed by atoms with Gasteiger partial charge < -0.3 is 10.2 Å². The van der Waals surface area contributed by atoms with E-state index in [9.17, 15) is 28.6 Å². The van der Waals surface area contributed by atoms with Crippen molar-refractivity contribution >= 4 is 22.8 Å². The third-order valence-corrected chi connectivity index (χ3v) is 5.40. The molecule has 1 aromatic heterocycles. The van der Waals surface area contributed by atoms with Crippen LogP contribution in [0.5, 0.6) is 5.75 Å². The van der Waals surface area contributed by atoms with Crippen molar-refractivity contribution in [3.05, 3.63) is 64.9 Å². The molecule has 1 heterocycles. The maximum Gasteiger partial charge on any atom is 0.311 e. The van der Waals surface area contributed by atoms with Crippen LogP contribution in [0.3, 0.4) is 0 Å². The molecule has 0 spiro atoms. The summed E-state index contributed by atoms with van der Waals surface area (Å²) in [5.41, 5.74) is 0.545. The van der Waals surface area contributed by atoms with Crippen LogP contribution in [0, 0.1) is 24.5 Å². The number of carboxylic acid groups (broad SMARTS) is 1. The number of phenols is 1. The summed E-state index contributed by atoms with van der Waals surface area (Å²) >= 11 is 0. The Labute approximate surface area is 166 Å². The number of carbonyl (C=O) groups excluding carboxylic acids is 1. The van der Waals surface area contributed by atoms with E-state index >= 15 is 0 Å². The van der Waals surface area contributed by atoms with Gasteiger partial charge in [0.25, 0.3) is 5.91 Å². The Morgan fingerprint density at radius 1 is 1.17 bits per heavy atom. The van der Waals surface area contributed by atoms with E-state index in [0.717, 1.165) is 12.1 Å². The number of hydrogen-bond acceptors (Lipinski definition) is 3. The van der Waals surface area contributed by atoms with Crippen LogP contribution < -0.4 is 0 Å². The molecule has 0 aliphatic carbocycles. The highest BCUT2D eigenvalue weighted by Crippen LogP contribution is 2.40. The van der Waals surface area contributed by atoms with Crippen molar-refractivity contribution in [2.24, 2.45) is 5.92 Å².